The topological polar surface area (TPSA) is 63.9 Å². The second kappa shape index (κ2) is 7.58. The Morgan fingerprint density at radius 1 is 1.00 bits per heavy atom. The van der Waals surface area contributed by atoms with Crippen molar-refractivity contribution < 1.29 is 15.3 Å². The van der Waals surface area contributed by atoms with Gasteiger partial charge in [-0.15, -0.1) is 0 Å². The monoisotopic (exact) mass is 271 g/mol. The molecule has 1 aliphatic carbocycles. The summed E-state index contributed by atoms with van der Waals surface area (Å²) in [5.74, 6) is 0.890. The molecule has 0 radical (unpaired) electrons. The molecule has 1 aliphatic heterocycles. The summed E-state index contributed by atoms with van der Waals surface area (Å²) in [6.07, 6.45) is 8.49. The van der Waals surface area contributed by atoms with Crippen LogP contribution < -0.4 is 0 Å². The van der Waals surface area contributed by atoms with Gasteiger partial charge in [-0.2, -0.15) is 0 Å². The zero-order chi connectivity index (χ0) is 13.7. The molecule has 0 aromatic carbocycles. The van der Waals surface area contributed by atoms with Crippen molar-refractivity contribution in [2.24, 2.45) is 5.92 Å². The van der Waals surface area contributed by atoms with Crippen LogP contribution in [-0.2, 0) is 0 Å². The average Bonchev–Trinajstić information content (AvgIpc) is 2.44. The van der Waals surface area contributed by atoms with E-state index in [0.717, 1.165) is 25.4 Å². The van der Waals surface area contributed by atoms with Crippen LogP contribution in [-0.4, -0.2) is 58.2 Å². The number of nitrogens with zero attached hydrogens (tertiary/aromatic N) is 1. The van der Waals surface area contributed by atoms with Crippen molar-refractivity contribution in [3.8, 4) is 0 Å². The van der Waals surface area contributed by atoms with Crippen molar-refractivity contribution in [1.29, 1.82) is 0 Å². The van der Waals surface area contributed by atoms with Gasteiger partial charge >= 0.3 is 0 Å². The molecule has 0 bridgehead atoms. The Balaban J connectivity index is 1.71. The molecule has 1 heterocycles. The zero-order valence-corrected chi connectivity index (χ0v) is 11.9. The van der Waals surface area contributed by atoms with Crippen LogP contribution >= 0.6 is 0 Å². The van der Waals surface area contributed by atoms with Gasteiger partial charge in [0.1, 0.15) is 0 Å². The number of hydrogen-bond acceptors (Lipinski definition) is 4. The van der Waals surface area contributed by atoms with Gasteiger partial charge in [0.05, 0.1) is 24.9 Å². The molecule has 2 rings (SSSR count). The zero-order valence-electron chi connectivity index (χ0n) is 11.9. The second-order valence-electron chi connectivity index (χ2n) is 6.28. The van der Waals surface area contributed by atoms with E-state index in [9.17, 15) is 15.3 Å². The third-order valence-corrected chi connectivity index (χ3v) is 4.94. The Labute approximate surface area is 116 Å². The summed E-state index contributed by atoms with van der Waals surface area (Å²) in [7, 11) is 0. The molecule has 0 amide bonds. The van der Waals surface area contributed by atoms with Crippen molar-refractivity contribution in [3.05, 3.63) is 0 Å². The Kier molecular flexibility index (Phi) is 6.07. The van der Waals surface area contributed by atoms with Crippen molar-refractivity contribution in [2.75, 3.05) is 19.7 Å². The molecule has 0 spiro atoms. The van der Waals surface area contributed by atoms with Gasteiger partial charge in [0.2, 0.25) is 0 Å². The van der Waals surface area contributed by atoms with Crippen LogP contribution in [0.4, 0.5) is 0 Å². The van der Waals surface area contributed by atoms with Gasteiger partial charge in [-0.25, -0.2) is 0 Å². The van der Waals surface area contributed by atoms with E-state index < -0.39 is 12.2 Å². The summed E-state index contributed by atoms with van der Waals surface area (Å²) < 4.78 is 0. The molecule has 1 saturated heterocycles. The fourth-order valence-electron chi connectivity index (χ4n) is 3.67. The van der Waals surface area contributed by atoms with Crippen LogP contribution in [0.3, 0.4) is 0 Å². The van der Waals surface area contributed by atoms with Gasteiger partial charge < -0.3 is 15.3 Å². The highest BCUT2D eigenvalue weighted by atomic mass is 16.3. The predicted molar refractivity (Wildman–Crippen MR) is 74.9 cm³/mol. The Morgan fingerprint density at radius 2 is 1.74 bits per heavy atom. The summed E-state index contributed by atoms with van der Waals surface area (Å²) in [5.41, 5.74) is 0. The van der Waals surface area contributed by atoms with Gasteiger partial charge in [0, 0.05) is 6.54 Å². The minimum Gasteiger partial charge on any atom is -0.395 e. The molecule has 0 unspecified atom stereocenters. The number of rotatable bonds is 5. The Hall–Kier alpha value is -0.160. The van der Waals surface area contributed by atoms with E-state index in [1.807, 2.05) is 0 Å². The maximum atomic E-state index is 9.90. The number of aliphatic hydroxyl groups is 3. The van der Waals surface area contributed by atoms with Gasteiger partial charge in [-0.3, -0.25) is 4.90 Å². The molecule has 1 saturated carbocycles. The SMILES string of the molecule is OC[C@@H]1[C@@H](O)[C@H](O)CCN1CCCC1CCCCC1. The van der Waals surface area contributed by atoms with Crippen molar-refractivity contribution >= 4 is 0 Å². The quantitative estimate of drug-likeness (QED) is 0.701. The molecule has 112 valence electrons. The van der Waals surface area contributed by atoms with Crippen LogP contribution in [0.2, 0.25) is 0 Å². The normalized spacial score (nSPS) is 34.6. The molecule has 0 aromatic heterocycles. The Morgan fingerprint density at radius 3 is 2.42 bits per heavy atom. The van der Waals surface area contributed by atoms with Gasteiger partial charge in [0.25, 0.3) is 0 Å². The first-order valence-corrected chi connectivity index (χ1v) is 7.93. The van der Waals surface area contributed by atoms with E-state index in [0.29, 0.717) is 6.42 Å². The third-order valence-electron chi connectivity index (χ3n) is 4.94. The third kappa shape index (κ3) is 4.15. The summed E-state index contributed by atoms with van der Waals surface area (Å²) in [5, 5.41) is 28.9. The van der Waals surface area contributed by atoms with E-state index >= 15 is 0 Å². The van der Waals surface area contributed by atoms with Gasteiger partial charge in [-0.1, -0.05) is 32.1 Å². The maximum absolute atomic E-state index is 9.90. The minimum absolute atomic E-state index is 0.0678. The van der Waals surface area contributed by atoms with Crippen molar-refractivity contribution in [1.82, 2.24) is 4.90 Å². The van der Waals surface area contributed by atoms with Crippen LogP contribution in [0.25, 0.3) is 0 Å². The molecule has 2 aliphatic rings. The van der Waals surface area contributed by atoms with E-state index in [1.54, 1.807) is 0 Å². The van der Waals surface area contributed by atoms with Gasteiger partial charge in [-0.05, 0) is 31.7 Å². The highest BCUT2D eigenvalue weighted by molar-refractivity contribution is 4.89. The second-order valence-corrected chi connectivity index (χ2v) is 6.28. The van der Waals surface area contributed by atoms with E-state index in [2.05, 4.69) is 4.90 Å². The first-order chi connectivity index (χ1) is 9.22. The smallest absolute Gasteiger partial charge is 0.0976 e. The van der Waals surface area contributed by atoms with E-state index in [-0.39, 0.29) is 12.6 Å². The molecule has 3 N–H and O–H groups in total. The lowest BCUT2D eigenvalue weighted by Crippen LogP contribution is -2.56. The molecule has 3 atom stereocenters. The average molecular weight is 271 g/mol. The van der Waals surface area contributed by atoms with Crippen LogP contribution in [0, 0.1) is 5.92 Å². The first kappa shape index (κ1) is 15.2. The van der Waals surface area contributed by atoms with Crippen molar-refractivity contribution in [3.63, 3.8) is 0 Å². The molecule has 4 heteroatoms. The summed E-state index contributed by atoms with van der Waals surface area (Å²) in [4.78, 5) is 2.15. The maximum Gasteiger partial charge on any atom is 0.0976 e. The highest BCUT2D eigenvalue weighted by Gasteiger charge is 2.35. The first-order valence-electron chi connectivity index (χ1n) is 7.93. The summed E-state index contributed by atoms with van der Waals surface area (Å²) in [6.45, 7) is 1.65. The molecular formula is C15H29NO3. The summed E-state index contributed by atoms with van der Waals surface area (Å²) in [6, 6.07) is -0.282. The highest BCUT2D eigenvalue weighted by Crippen LogP contribution is 2.28. The standard InChI is InChI=1S/C15H29NO3/c17-11-13-15(19)14(18)8-10-16(13)9-4-7-12-5-2-1-3-6-12/h12-15,17-19H,1-11H2/t13-,14-,15-/m1/s1. The van der Waals surface area contributed by atoms with Crippen LogP contribution in [0.15, 0.2) is 0 Å². The van der Waals surface area contributed by atoms with E-state index in [4.69, 9.17) is 0 Å². The minimum atomic E-state index is -0.798. The molecule has 4 nitrogen and oxygen atoms in total. The fraction of sp³-hybridized carbons (Fsp3) is 1.00. The molecule has 0 aromatic rings. The number of likely N-dealkylation sites (tertiary alicyclic amines) is 1. The fourth-order valence-corrected chi connectivity index (χ4v) is 3.67. The lowest BCUT2D eigenvalue weighted by atomic mass is 9.86. The van der Waals surface area contributed by atoms with Crippen LogP contribution in [0.1, 0.15) is 51.4 Å². The Bertz CT molecular complexity index is 256. The molecule has 2 fully saturated rings. The predicted octanol–water partition coefficient (Wildman–Crippen LogP) is 1.14. The molecule has 19 heavy (non-hydrogen) atoms. The molecular weight excluding hydrogens is 242 g/mol. The van der Waals surface area contributed by atoms with Gasteiger partial charge in [0.15, 0.2) is 0 Å². The summed E-state index contributed by atoms with van der Waals surface area (Å²) >= 11 is 0. The number of piperidine rings is 1. The van der Waals surface area contributed by atoms with Crippen LogP contribution in [0.5, 0.6) is 0 Å². The lowest BCUT2D eigenvalue weighted by Gasteiger charge is -2.40. The van der Waals surface area contributed by atoms with E-state index in [1.165, 1.54) is 38.5 Å². The largest absolute Gasteiger partial charge is 0.395 e. The van der Waals surface area contributed by atoms with Crippen molar-refractivity contribution in [2.45, 2.75) is 69.6 Å². The number of hydrogen-bond donors (Lipinski definition) is 3. The number of aliphatic hydroxyl groups excluding tert-OH is 3. The lowest BCUT2D eigenvalue weighted by molar-refractivity contribution is -0.0898.